The molecule has 0 aliphatic rings. The second kappa shape index (κ2) is 15.5. The van der Waals surface area contributed by atoms with E-state index in [9.17, 15) is 9.59 Å². The van der Waals surface area contributed by atoms with Gasteiger partial charge in [0.05, 0.1) is 19.3 Å². The maximum atomic E-state index is 11.9. The van der Waals surface area contributed by atoms with Crippen LogP contribution in [-0.2, 0) is 14.3 Å². The first-order valence-corrected chi connectivity index (χ1v) is 10.5. The van der Waals surface area contributed by atoms with E-state index in [1.807, 2.05) is 30.3 Å². The second-order valence-electron chi connectivity index (χ2n) is 6.95. The number of carbonyl (C=O) groups excluding carboxylic acids is 1. The van der Waals surface area contributed by atoms with Crippen molar-refractivity contribution in [2.45, 2.75) is 45.4 Å². The molecule has 0 unspecified atom stereocenters. The summed E-state index contributed by atoms with van der Waals surface area (Å²) in [5, 5.41) is 8.43. The third-order valence-electron chi connectivity index (χ3n) is 4.41. The number of benzene rings is 2. The Kier molecular flexibility index (Phi) is 12.9. The normalized spacial score (nSPS) is 10.6. The number of unbranched alkanes of at least 4 members (excludes halogenated alkanes) is 5. The summed E-state index contributed by atoms with van der Waals surface area (Å²) in [4.78, 5) is 22.2. The maximum absolute atomic E-state index is 11.9. The quantitative estimate of drug-likeness (QED) is 0.160. The van der Waals surface area contributed by atoms with Gasteiger partial charge in [-0.2, -0.15) is 0 Å². The SMILES string of the molecule is CCCCCCCCOC(=O)C(=Cc1ccccc1)OC.Nc1ccc(C(=O)O)cc1. The van der Waals surface area contributed by atoms with Gasteiger partial charge in [0.1, 0.15) is 0 Å². The van der Waals surface area contributed by atoms with Crippen LogP contribution in [-0.4, -0.2) is 30.8 Å². The van der Waals surface area contributed by atoms with Gasteiger partial charge in [-0.15, -0.1) is 0 Å². The number of nitrogen functional groups attached to an aromatic ring is 1. The van der Waals surface area contributed by atoms with Crippen LogP contribution in [0.4, 0.5) is 5.69 Å². The number of methoxy groups -OCH3 is 1. The summed E-state index contributed by atoms with van der Waals surface area (Å²) < 4.78 is 10.4. The molecule has 0 amide bonds. The number of nitrogens with two attached hydrogens (primary N) is 1. The van der Waals surface area contributed by atoms with Crippen molar-refractivity contribution in [1.82, 2.24) is 0 Å². The first-order valence-electron chi connectivity index (χ1n) is 10.5. The molecule has 3 N–H and O–H groups in total. The Morgan fingerprint density at radius 3 is 2.13 bits per heavy atom. The predicted octanol–water partition coefficient (Wildman–Crippen LogP) is 5.54. The highest BCUT2D eigenvalue weighted by atomic mass is 16.6. The summed E-state index contributed by atoms with van der Waals surface area (Å²) in [6.45, 7) is 2.66. The van der Waals surface area contributed by atoms with Crippen molar-refractivity contribution in [2.24, 2.45) is 0 Å². The van der Waals surface area contributed by atoms with E-state index < -0.39 is 11.9 Å². The van der Waals surface area contributed by atoms with Gasteiger partial charge in [0.15, 0.2) is 0 Å². The van der Waals surface area contributed by atoms with E-state index in [-0.39, 0.29) is 11.3 Å². The van der Waals surface area contributed by atoms with Crippen molar-refractivity contribution in [1.29, 1.82) is 0 Å². The monoisotopic (exact) mass is 427 g/mol. The Labute approximate surface area is 184 Å². The largest absolute Gasteiger partial charge is 0.490 e. The molecule has 0 atom stereocenters. The number of carboxylic acids is 1. The van der Waals surface area contributed by atoms with Crippen LogP contribution in [0, 0.1) is 0 Å². The highest BCUT2D eigenvalue weighted by Crippen LogP contribution is 2.10. The first-order chi connectivity index (χ1) is 15.0. The lowest BCUT2D eigenvalue weighted by molar-refractivity contribution is -0.142. The van der Waals surface area contributed by atoms with Crippen LogP contribution < -0.4 is 5.73 Å². The summed E-state index contributed by atoms with van der Waals surface area (Å²) in [5.74, 6) is -1.08. The average molecular weight is 428 g/mol. The van der Waals surface area contributed by atoms with Crippen LogP contribution in [0.2, 0.25) is 0 Å². The highest BCUT2D eigenvalue weighted by molar-refractivity contribution is 5.91. The van der Waals surface area contributed by atoms with Gasteiger partial charge < -0.3 is 20.3 Å². The lowest BCUT2D eigenvalue weighted by Gasteiger charge is -2.07. The Morgan fingerprint density at radius 1 is 0.935 bits per heavy atom. The minimum atomic E-state index is -0.931. The van der Waals surface area contributed by atoms with E-state index in [0.29, 0.717) is 12.3 Å². The second-order valence-corrected chi connectivity index (χ2v) is 6.95. The molecule has 2 rings (SSSR count). The molecular formula is C25H33NO5. The molecule has 0 spiro atoms. The van der Waals surface area contributed by atoms with Gasteiger partial charge in [0, 0.05) is 5.69 Å². The molecular weight excluding hydrogens is 394 g/mol. The molecule has 31 heavy (non-hydrogen) atoms. The minimum absolute atomic E-state index is 0.243. The standard InChI is InChI=1S/C18H26O3.C7H7NO2/c1-3-4-5-6-7-11-14-21-18(19)17(20-2)15-16-12-9-8-10-13-16;8-6-3-1-5(2-4-6)7(9)10/h8-10,12-13,15H,3-7,11,14H2,1-2H3;1-4H,8H2,(H,9,10). The van der Waals surface area contributed by atoms with E-state index in [2.05, 4.69) is 6.92 Å². The molecule has 0 fully saturated rings. The Balaban J connectivity index is 0.000000399. The summed E-state index contributed by atoms with van der Waals surface area (Å²) in [6.07, 6.45) is 8.73. The summed E-state index contributed by atoms with van der Waals surface area (Å²) in [6, 6.07) is 15.7. The molecule has 0 aliphatic carbocycles. The fourth-order valence-electron chi connectivity index (χ4n) is 2.65. The van der Waals surface area contributed by atoms with Crippen molar-refractivity contribution in [2.75, 3.05) is 19.5 Å². The lowest BCUT2D eigenvalue weighted by atomic mass is 10.1. The van der Waals surface area contributed by atoms with E-state index >= 15 is 0 Å². The van der Waals surface area contributed by atoms with Gasteiger partial charge in [0.25, 0.3) is 0 Å². The highest BCUT2D eigenvalue weighted by Gasteiger charge is 2.11. The third kappa shape index (κ3) is 11.5. The number of aromatic carboxylic acids is 1. The summed E-state index contributed by atoms with van der Waals surface area (Å²) in [5.41, 5.74) is 7.09. The van der Waals surface area contributed by atoms with E-state index in [4.69, 9.17) is 20.3 Å². The topological polar surface area (TPSA) is 98.9 Å². The Hall–Kier alpha value is -3.28. The Morgan fingerprint density at radius 2 is 1.55 bits per heavy atom. The molecule has 0 aromatic heterocycles. The minimum Gasteiger partial charge on any atom is -0.490 e. The molecule has 6 heteroatoms. The number of rotatable bonds is 11. The van der Waals surface area contributed by atoms with Crippen molar-refractivity contribution >= 4 is 23.7 Å². The van der Waals surface area contributed by atoms with Crippen LogP contribution in [0.3, 0.4) is 0 Å². The summed E-state index contributed by atoms with van der Waals surface area (Å²) >= 11 is 0. The van der Waals surface area contributed by atoms with Crippen molar-refractivity contribution in [3.63, 3.8) is 0 Å². The van der Waals surface area contributed by atoms with Crippen LogP contribution in [0.1, 0.15) is 61.4 Å². The number of hydrogen-bond acceptors (Lipinski definition) is 5. The maximum Gasteiger partial charge on any atom is 0.373 e. The third-order valence-corrected chi connectivity index (χ3v) is 4.41. The molecule has 2 aromatic rings. The number of esters is 1. The molecule has 0 bridgehead atoms. The van der Waals surface area contributed by atoms with Crippen LogP contribution in [0.25, 0.3) is 6.08 Å². The van der Waals surface area contributed by atoms with Crippen LogP contribution in [0.5, 0.6) is 0 Å². The van der Waals surface area contributed by atoms with Gasteiger partial charge in [-0.05, 0) is 42.3 Å². The molecule has 0 aliphatic heterocycles. The molecule has 0 heterocycles. The lowest BCUT2D eigenvalue weighted by Crippen LogP contribution is -2.10. The van der Waals surface area contributed by atoms with E-state index in [1.165, 1.54) is 44.9 Å². The number of carboxylic acid groups (broad SMARTS) is 1. The fourth-order valence-corrected chi connectivity index (χ4v) is 2.65. The molecule has 6 nitrogen and oxygen atoms in total. The Bertz CT molecular complexity index is 800. The van der Waals surface area contributed by atoms with E-state index in [0.717, 1.165) is 18.4 Å². The zero-order valence-electron chi connectivity index (χ0n) is 18.4. The number of carbonyl (C=O) groups is 2. The van der Waals surface area contributed by atoms with Gasteiger partial charge in [-0.3, -0.25) is 0 Å². The molecule has 0 saturated heterocycles. The molecule has 2 aromatic carbocycles. The van der Waals surface area contributed by atoms with Gasteiger partial charge in [-0.25, -0.2) is 9.59 Å². The van der Waals surface area contributed by atoms with Crippen LogP contribution >= 0.6 is 0 Å². The summed E-state index contributed by atoms with van der Waals surface area (Å²) in [7, 11) is 1.49. The number of hydrogen-bond donors (Lipinski definition) is 2. The molecule has 168 valence electrons. The zero-order valence-corrected chi connectivity index (χ0v) is 18.4. The predicted molar refractivity (Wildman–Crippen MR) is 124 cm³/mol. The first kappa shape index (κ1) is 25.8. The van der Waals surface area contributed by atoms with Crippen molar-refractivity contribution in [3.05, 3.63) is 71.5 Å². The number of ether oxygens (including phenoxy) is 2. The van der Waals surface area contributed by atoms with Crippen molar-refractivity contribution < 1.29 is 24.2 Å². The fraction of sp³-hybridized carbons (Fsp3) is 0.360. The van der Waals surface area contributed by atoms with Crippen molar-refractivity contribution in [3.8, 4) is 0 Å². The zero-order chi connectivity index (χ0) is 22.9. The smallest absolute Gasteiger partial charge is 0.373 e. The number of anilines is 1. The van der Waals surface area contributed by atoms with Crippen LogP contribution in [0.15, 0.2) is 60.4 Å². The van der Waals surface area contributed by atoms with E-state index in [1.54, 1.807) is 18.2 Å². The van der Waals surface area contributed by atoms with Gasteiger partial charge >= 0.3 is 11.9 Å². The van der Waals surface area contributed by atoms with Gasteiger partial charge in [-0.1, -0.05) is 69.4 Å². The average Bonchev–Trinajstić information content (AvgIpc) is 2.78. The van der Waals surface area contributed by atoms with Gasteiger partial charge in [0.2, 0.25) is 5.76 Å². The molecule has 0 saturated carbocycles. The molecule has 0 radical (unpaired) electrons.